The van der Waals surface area contributed by atoms with Crippen LogP contribution in [-0.2, 0) is 24.6 Å². The third kappa shape index (κ3) is 5.01. The number of rotatable bonds is 5. The first-order valence-electron chi connectivity index (χ1n) is 12.2. The molecule has 0 radical (unpaired) electrons. The third-order valence-electron chi connectivity index (χ3n) is 7.03. The summed E-state index contributed by atoms with van der Waals surface area (Å²) in [6.45, 7) is 3.69. The van der Waals surface area contributed by atoms with Gasteiger partial charge in [0.25, 0.3) is 5.56 Å². The second-order valence-electron chi connectivity index (χ2n) is 9.42. The number of alkyl halides is 3. The van der Waals surface area contributed by atoms with E-state index in [0.717, 1.165) is 12.1 Å². The van der Waals surface area contributed by atoms with Crippen LogP contribution in [0.2, 0.25) is 0 Å². The molecule has 0 N–H and O–H groups in total. The quantitative estimate of drug-likeness (QED) is 0.362. The van der Waals surface area contributed by atoms with Gasteiger partial charge in [-0.2, -0.15) is 13.2 Å². The normalized spacial score (nSPS) is 14.2. The number of hydrogen-bond acceptors (Lipinski definition) is 6. The fourth-order valence-electron chi connectivity index (χ4n) is 4.85. The van der Waals surface area contributed by atoms with E-state index in [0.29, 0.717) is 60.4 Å². The van der Waals surface area contributed by atoms with Crippen LogP contribution in [0.1, 0.15) is 28.4 Å². The first kappa shape index (κ1) is 26.1. The van der Waals surface area contributed by atoms with Crippen LogP contribution in [0, 0.1) is 0 Å². The van der Waals surface area contributed by atoms with Crippen molar-refractivity contribution in [3.05, 3.63) is 75.8 Å². The highest BCUT2D eigenvalue weighted by molar-refractivity contribution is 5.84. The molecular formula is C27H25F3N6O3. The topological polar surface area (TPSA) is 93.3 Å². The molecule has 5 rings (SSSR count). The maximum atomic E-state index is 13.7. The molecule has 0 atom stereocenters. The minimum absolute atomic E-state index is 0.0340. The van der Waals surface area contributed by atoms with Crippen molar-refractivity contribution in [1.82, 2.24) is 24.2 Å². The molecule has 4 aromatic rings. The number of carbonyl (C=O) groups is 2. The lowest BCUT2D eigenvalue weighted by Crippen LogP contribution is -2.48. The van der Waals surface area contributed by atoms with Gasteiger partial charge in [-0.3, -0.25) is 23.7 Å². The molecule has 1 amide bonds. The Morgan fingerprint density at radius 2 is 1.69 bits per heavy atom. The number of benzene rings is 2. The number of aldehydes is 1. The summed E-state index contributed by atoms with van der Waals surface area (Å²) in [6, 6.07) is 8.29. The second kappa shape index (κ2) is 10.0. The molecular weight excluding hydrogens is 513 g/mol. The van der Waals surface area contributed by atoms with E-state index in [-0.39, 0.29) is 29.1 Å². The van der Waals surface area contributed by atoms with Gasteiger partial charge in [0.05, 0.1) is 23.0 Å². The zero-order chi connectivity index (χ0) is 27.9. The Labute approximate surface area is 221 Å². The predicted octanol–water partition coefficient (Wildman–Crippen LogP) is 3.35. The highest BCUT2D eigenvalue weighted by Crippen LogP contribution is 2.33. The highest BCUT2D eigenvalue weighted by Gasteiger charge is 2.33. The first-order valence-corrected chi connectivity index (χ1v) is 12.2. The zero-order valence-corrected chi connectivity index (χ0v) is 21.3. The molecule has 12 heteroatoms. The number of piperazine rings is 1. The largest absolute Gasteiger partial charge is 0.416 e. The molecule has 1 aliphatic rings. The van der Waals surface area contributed by atoms with Crippen molar-refractivity contribution in [1.29, 1.82) is 0 Å². The maximum absolute atomic E-state index is 13.7. The Hall–Kier alpha value is -4.48. The van der Waals surface area contributed by atoms with Crippen LogP contribution < -0.4 is 10.5 Å². The van der Waals surface area contributed by atoms with E-state index < -0.39 is 11.7 Å². The van der Waals surface area contributed by atoms with Crippen molar-refractivity contribution in [3.8, 4) is 11.1 Å². The zero-order valence-electron chi connectivity index (χ0n) is 21.3. The molecule has 0 bridgehead atoms. The van der Waals surface area contributed by atoms with Crippen LogP contribution in [0.25, 0.3) is 22.0 Å². The number of halogens is 3. The van der Waals surface area contributed by atoms with Gasteiger partial charge in [0.2, 0.25) is 11.9 Å². The summed E-state index contributed by atoms with van der Waals surface area (Å²) in [5.74, 6) is 0.571. The predicted molar refractivity (Wildman–Crippen MR) is 139 cm³/mol. The fourth-order valence-corrected chi connectivity index (χ4v) is 4.85. The van der Waals surface area contributed by atoms with Crippen LogP contribution in [0.15, 0.2) is 53.6 Å². The van der Waals surface area contributed by atoms with Gasteiger partial charge < -0.3 is 9.80 Å². The lowest BCUT2D eigenvalue weighted by molar-refractivity contribution is -0.138. The molecule has 0 aliphatic carbocycles. The van der Waals surface area contributed by atoms with Crippen molar-refractivity contribution in [3.63, 3.8) is 0 Å². The molecule has 2 aromatic heterocycles. The molecule has 1 fully saturated rings. The van der Waals surface area contributed by atoms with Crippen molar-refractivity contribution < 1.29 is 22.8 Å². The van der Waals surface area contributed by atoms with Gasteiger partial charge in [-0.15, -0.1) is 0 Å². The Bertz CT molecular complexity index is 1620. The summed E-state index contributed by atoms with van der Waals surface area (Å²) < 4.78 is 43.9. The van der Waals surface area contributed by atoms with Crippen molar-refractivity contribution in [2.75, 3.05) is 31.1 Å². The van der Waals surface area contributed by atoms with Crippen LogP contribution in [-0.4, -0.2) is 62.6 Å². The van der Waals surface area contributed by atoms with Crippen molar-refractivity contribution in [2.24, 2.45) is 7.05 Å². The summed E-state index contributed by atoms with van der Waals surface area (Å²) in [5, 5.41) is 0.349. The van der Waals surface area contributed by atoms with Gasteiger partial charge in [-0.05, 0) is 35.4 Å². The molecule has 0 unspecified atom stereocenters. The molecule has 1 aliphatic heterocycles. The van der Waals surface area contributed by atoms with E-state index >= 15 is 0 Å². The van der Waals surface area contributed by atoms with Crippen LogP contribution in [0.5, 0.6) is 0 Å². The average Bonchev–Trinajstić information content (AvgIpc) is 3.16. The number of aromatic nitrogens is 4. The van der Waals surface area contributed by atoms with Gasteiger partial charge in [0.1, 0.15) is 6.29 Å². The van der Waals surface area contributed by atoms with Gasteiger partial charge in [0.15, 0.2) is 0 Å². The van der Waals surface area contributed by atoms with Gasteiger partial charge in [0, 0.05) is 63.7 Å². The third-order valence-corrected chi connectivity index (χ3v) is 7.03. The standard InChI is InChI=1S/C27H25F3N6O3/c1-17(38)34-7-9-35(10-8-34)26-31-13-21(14-32-26)19-4-5-22-24(12-19)36(33(2)25(22)39)15-20-11-18(16-37)3-6-23(20)27(28,29)30/h3-6,11-14,16H,7-10,15H2,1-2H3. The maximum Gasteiger partial charge on any atom is 0.416 e. The Morgan fingerprint density at radius 3 is 2.31 bits per heavy atom. The monoisotopic (exact) mass is 538 g/mol. The molecule has 0 spiro atoms. The van der Waals surface area contributed by atoms with Gasteiger partial charge in [-0.1, -0.05) is 12.1 Å². The summed E-state index contributed by atoms with van der Waals surface area (Å²) >= 11 is 0. The molecule has 39 heavy (non-hydrogen) atoms. The van der Waals surface area contributed by atoms with Crippen LogP contribution >= 0.6 is 0 Å². The van der Waals surface area contributed by atoms with Gasteiger partial charge in [-0.25, -0.2) is 9.97 Å². The number of amides is 1. The molecule has 3 heterocycles. The molecule has 0 saturated carbocycles. The smallest absolute Gasteiger partial charge is 0.339 e. The molecule has 202 valence electrons. The number of nitrogens with zero attached hydrogens (tertiary/aromatic N) is 6. The van der Waals surface area contributed by atoms with Gasteiger partial charge >= 0.3 is 6.18 Å². The average molecular weight is 539 g/mol. The summed E-state index contributed by atoms with van der Waals surface area (Å²) in [6.07, 6.45) is -0.827. The molecule has 1 saturated heterocycles. The minimum Gasteiger partial charge on any atom is -0.339 e. The fraction of sp³-hybridized carbons (Fsp3) is 0.296. The summed E-state index contributed by atoms with van der Waals surface area (Å²) in [4.78, 5) is 48.4. The Balaban J connectivity index is 1.48. The Morgan fingerprint density at radius 1 is 1.00 bits per heavy atom. The number of anilines is 1. The van der Waals surface area contributed by atoms with Crippen LogP contribution in [0.4, 0.5) is 19.1 Å². The van der Waals surface area contributed by atoms with E-state index in [1.165, 1.54) is 22.5 Å². The first-order chi connectivity index (χ1) is 18.6. The number of fused-ring (bicyclic) bond motifs is 1. The van der Waals surface area contributed by atoms with E-state index in [9.17, 15) is 27.6 Å². The highest BCUT2D eigenvalue weighted by atomic mass is 19.4. The van der Waals surface area contributed by atoms with E-state index in [1.54, 1.807) is 42.4 Å². The Kier molecular flexibility index (Phi) is 6.71. The van der Waals surface area contributed by atoms with Crippen molar-refractivity contribution in [2.45, 2.75) is 19.6 Å². The molecule has 2 aromatic carbocycles. The SMILES string of the molecule is CC(=O)N1CCN(c2ncc(-c3ccc4c(=O)n(C)n(Cc5cc(C=O)ccc5C(F)(F)F)c4c3)cn2)CC1. The molecule has 9 nitrogen and oxygen atoms in total. The summed E-state index contributed by atoms with van der Waals surface area (Å²) in [7, 11) is 1.49. The number of carbonyl (C=O) groups excluding carboxylic acids is 2. The van der Waals surface area contributed by atoms with E-state index in [4.69, 9.17) is 0 Å². The lowest BCUT2D eigenvalue weighted by Gasteiger charge is -2.34. The second-order valence-corrected chi connectivity index (χ2v) is 9.42. The lowest BCUT2D eigenvalue weighted by atomic mass is 10.0. The minimum atomic E-state index is -4.62. The van der Waals surface area contributed by atoms with E-state index in [2.05, 4.69) is 9.97 Å². The van der Waals surface area contributed by atoms with Crippen LogP contribution in [0.3, 0.4) is 0 Å². The van der Waals surface area contributed by atoms with Crippen molar-refractivity contribution >= 4 is 29.0 Å². The summed E-state index contributed by atoms with van der Waals surface area (Å²) in [5.41, 5.74) is 0.564. The van der Waals surface area contributed by atoms with E-state index in [1.807, 2.05) is 4.90 Å². The number of hydrogen-bond donors (Lipinski definition) is 0.